The Hall–Kier alpha value is -2.04. The molecule has 1 aromatic carbocycles. The van der Waals surface area contributed by atoms with E-state index in [-0.39, 0.29) is 12.5 Å². The fourth-order valence-corrected chi connectivity index (χ4v) is 2.33. The first-order valence-electron chi connectivity index (χ1n) is 7.34. The molecule has 21 heavy (non-hydrogen) atoms. The molecule has 0 aromatic heterocycles. The summed E-state index contributed by atoms with van der Waals surface area (Å²) in [6, 6.07) is 5.68. The van der Waals surface area contributed by atoms with Crippen molar-refractivity contribution in [2.75, 3.05) is 13.2 Å². The molecule has 2 rings (SSSR count). The molecular formula is C16H22N2O3. The summed E-state index contributed by atoms with van der Waals surface area (Å²) in [7, 11) is 0. The van der Waals surface area contributed by atoms with Gasteiger partial charge >= 0.3 is 0 Å². The van der Waals surface area contributed by atoms with E-state index in [1.165, 1.54) is 0 Å². The zero-order valence-electron chi connectivity index (χ0n) is 12.6. The maximum Gasteiger partial charge on any atom is 0.257 e. The molecule has 0 saturated heterocycles. The Labute approximate surface area is 125 Å². The maximum absolute atomic E-state index is 11.6. The number of benzene rings is 1. The number of fused-ring (bicyclic) bond motifs is 1. The zero-order valence-corrected chi connectivity index (χ0v) is 12.6. The fraction of sp³-hybridized carbons (Fsp3) is 0.500. The topological polar surface area (TPSA) is 70.9 Å². The molecule has 0 aliphatic heterocycles. The zero-order chi connectivity index (χ0) is 15.2. The summed E-state index contributed by atoms with van der Waals surface area (Å²) in [5.41, 5.74) is 2.76. The number of nitrogens with one attached hydrogen (secondary N) is 1. The molecule has 0 unspecified atom stereocenters. The number of amides is 1. The Morgan fingerprint density at radius 2 is 2.24 bits per heavy atom. The van der Waals surface area contributed by atoms with Gasteiger partial charge in [0.2, 0.25) is 0 Å². The van der Waals surface area contributed by atoms with Gasteiger partial charge in [-0.2, -0.15) is 0 Å². The first-order valence-corrected chi connectivity index (χ1v) is 7.34. The van der Waals surface area contributed by atoms with Crippen molar-refractivity contribution in [1.29, 1.82) is 0 Å². The first-order chi connectivity index (χ1) is 10.1. The van der Waals surface area contributed by atoms with Gasteiger partial charge in [-0.05, 0) is 42.9 Å². The van der Waals surface area contributed by atoms with Crippen LogP contribution < -0.4 is 10.1 Å². The molecule has 5 nitrogen and oxygen atoms in total. The summed E-state index contributed by atoms with van der Waals surface area (Å²) in [6.45, 7) is 4.73. The molecule has 1 aromatic rings. The monoisotopic (exact) mass is 290 g/mol. The van der Waals surface area contributed by atoms with Crippen LogP contribution in [0.15, 0.2) is 23.4 Å². The SMILES string of the molecule is CC(C)CNC(=O)COc1ccc2c(c1)/C(=N\O)CCC2. The number of ether oxygens (including phenoxy) is 1. The minimum absolute atomic E-state index is 0.00287. The summed E-state index contributed by atoms with van der Waals surface area (Å²) >= 11 is 0. The lowest BCUT2D eigenvalue weighted by atomic mass is 9.90. The molecule has 2 N–H and O–H groups in total. The highest BCUT2D eigenvalue weighted by Crippen LogP contribution is 2.25. The Morgan fingerprint density at radius 3 is 2.95 bits per heavy atom. The van der Waals surface area contributed by atoms with Crippen LogP contribution in [0.3, 0.4) is 0 Å². The number of rotatable bonds is 5. The van der Waals surface area contributed by atoms with Crippen molar-refractivity contribution in [3.63, 3.8) is 0 Å². The molecule has 1 aliphatic rings. The van der Waals surface area contributed by atoms with E-state index in [9.17, 15) is 4.79 Å². The van der Waals surface area contributed by atoms with Crippen LogP contribution in [0.1, 0.15) is 37.8 Å². The van der Waals surface area contributed by atoms with Crippen molar-refractivity contribution in [2.45, 2.75) is 33.1 Å². The molecule has 0 fully saturated rings. The van der Waals surface area contributed by atoms with E-state index in [1.54, 1.807) is 0 Å². The Kier molecular flexibility index (Phi) is 5.20. The highest BCUT2D eigenvalue weighted by molar-refractivity contribution is 6.02. The van der Waals surface area contributed by atoms with Crippen molar-refractivity contribution in [3.8, 4) is 5.75 Å². The van der Waals surface area contributed by atoms with Gasteiger partial charge in [-0.3, -0.25) is 4.79 Å². The quantitative estimate of drug-likeness (QED) is 0.646. The summed E-state index contributed by atoms with van der Waals surface area (Å²) in [6.07, 6.45) is 2.73. The molecule has 0 spiro atoms. The van der Waals surface area contributed by atoms with Gasteiger partial charge in [0.25, 0.3) is 5.91 Å². The number of carbonyl (C=O) groups excluding carboxylic acids is 1. The average Bonchev–Trinajstić information content (AvgIpc) is 2.50. The smallest absolute Gasteiger partial charge is 0.257 e. The largest absolute Gasteiger partial charge is 0.484 e. The van der Waals surface area contributed by atoms with Crippen LogP contribution in [0.4, 0.5) is 0 Å². The highest BCUT2D eigenvalue weighted by Gasteiger charge is 2.17. The standard InChI is InChI=1S/C16H22N2O3/c1-11(2)9-17-16(19)10-21-13-7-6-12-4-3-5-15(18-20)14(12)8-13/h6-8,11,20H,3-5,9-10H2,1-2H3,(H,17,19)/b18-15-. The number of oxime groups is 1. The lowest BCUT2D eigenvalue weighted by molar-refractivity contribution is -0.123. The van der Waals surface area contributed by atoms with Gasteiger partial charge in [-0.1, -0.05) is 25.1 Å². The van der Waals surface area contributed by atoms with E-state index in [0.717, 1.165) is 30.4 Å². The van der Waals surface area contributed by atoms with Gasteiger partial charge in [0, 0.05) is 12.1 Å². The molecule has 0 saturated carbocycles. The van der Waals surface area contributed by atoms with Crippen LogP contribution in [0.2, 0.25) is 0 Å². The third kappa shape index (κ3) is 4.21. The second-order valence-corrected chi connectivity index (χ2v) is 5.71. The maximum atomic E-state index is 11.6. The molecule has 114 valence electrons. The van der Waals surface area contributed by atoms with Crippen molar-refractivity contribution in [1.82, 2.24) is 5.32 Å². The normalized spacial score (nSPS) is 15.9. The number of aryl methyl sites for hydroxylation is 1. The molecule has 1 amide bonds. The first kappa shape index (κ1) is 15.4. The second kappa shape index (κ2) is 7.11. The Bertz CT molecular complexity index is 538. The highest BCUT2D eigenvalue weighted by atomic mass is 16.5. The van der Waals surface area contributed by atoms with Crippen molar-refractivity contribution in [3.05, 3.63) is 29.3 Å². The van der Waals surface area contributed by atoms with Gasteiger partial charge in [0.15, 0.2) is 6.61 Å². The average molecular weight is 290 g/mol. The Morgan fingerprint density at radius 1 is 1.43 bits per heavy atom. The predicted octanol–water partition coefficient (Wildman–Crippen LogP) is 2.35. The predicted molar refractivity (Wildman–Crippen MR) is 81.0 cm³/mol. The molecule has 0 radical (unpaired) electrons. The van der Waals surface area contributed by atoms with E-state index in [1.807, 2.05) is 32.0 Å². The van der Waals surface area contributed by atoms with E-state index in [0.29, 0.717) is 23.9 Å². The fourth-order valence-electron chi connectivity index (χ4n) is 2.33. The molecule has 0 heterocycles. The number of hydrogen-bond donors (Lipinski definition) is 2. The molecule has 0 bridgehead atoms. The van der Waals surface area contributed by atoms with Gasteiger partial charge in [-0.25, -0.2) is 0 Å². The van der Waals surface area contributed by atoms with Crippen LogP contribution in [0.5, 0.6) is 5.75 Å². The van der Waals surface area contributed by atoms with E-state index in [4.69, 9.17) is 9.94 Å². The van der Waals surface area contributed by atoms with Crippen LogP contribution >= 0.6 is 0 Å². The summed E-state index contributed by atoms with van der Waals surface area (Å²) in [5.74, 6) is 0.912. The van der Waals surface area contributed by atoms with Gasteiger partial charge in [-0.15, -0.1) is 0 Å². The van der Waals surface area contributed by atoms with Crippen LogP contribution in [0, 0.1) is 5.92 Å². The summed E-state index contributed by atoms with van der Waals surface area (Å²) in [4.78, 5) is 11.6. The van der Waals surface area contributed by atoms with Gasteiger partial charge in [0.1, 0.15) is 5.75 Å². The summed E-state index contributed by atoms with van der Waals surface area (Å²) < 4.78 is 5.51. The third-order valence-corrected chi connectivity index (χ3v) is 3.45. The summed E-state index contributed by atoms with van der Waals surface area (Å²) in [5, 5.41) is 15.2. The van der Waals surface area contributed by atoms with Gasteiger partial charge < -0.3 is 15.3 Å². The van der Waals surface area contributed by atoms with E-state index < -0.39 is 0 Å². The molecule has 1 aliphatic carbocycles. The van der Waals surface area contributed by atoms with E-state index in [2.05, 4.69) is 10.5 Å². The lowest BCUT2D eigenvalue weighted by Gasteiger charge is -2.18. The molecule has 5 heteroatoms. The Balaban J connectivity index is 1.97. The molecule has 0 atom stereocenters. The van der Waals surface area contributed by atoms with Gasteiger partial charge in [0.05, 0.1) is 5.71 Å². The minimum Gasteiger partial charge on any atom is -0.484 e. The van der Waals surface area contributed by atoms with Crippen LogP contribution in [-0.4, -0.2) is 30.0 Å². The van der Waals surface area contributed by atoms with Crippen molar-refractivity contribution < 1.29 is 14.7 Å². The molecular weight excluding hydrogens is 268 g/mol. The van der Waals surface area contributed by atoms with E-state index >= 15 is 0 Å². The van der Waals surface area contributed by atoms with Crippen LogP contribution in [0.25, 0.3) is 0 Å². The second-order valence-electron chi connectivity index (χ2n) is 5.71. The number of hydrogen-bond acceptors (Lipinski definition) is 4. The van der Waals surface area contributed by atoms with Crippen molar-refractivity contribution in [2.24, 2.45) is 11.1 Å². The lowest BCUT2D eigenvalue weighted by Crippen LogP contribution is -2.31. The minimum atomic E-state index is -0.127. The van der Waals surface area contributed by atoms with Crippen molar-refractivity contribution >= 4 is 11.6 Å². The third-order valence-electron chi connectivity index (χ3n) is 3.45. The number of nitrogens with zero attached hydrogens (tertiary/aromatic N) is 1. The number of carbonyl (C=O) groups is 1. The van der Waals surface area contributed by atoms with Crippen LogP contribution in [-0.2, 0) is 11.2 Å².